The number of hydrogen-bond donors (Lipinski definition) is 2. The zero-order chi connectivity index (χ0) is 13.2. The highest BCUT2D eigenvalue weighted by atomic mass is 16.2. The van der Waals surface area contributed by atoms with Crippen molar-refractivity contribution in [2.45, 2.75) is 27.2 Å². The Labute approximate surface area is 109 Å². The van der Waals surface area contributed by atoms with Gasteiger partial charge in [-0.15, -0.1) is 0 Å². The molecule has 1 aliphatic rings. The molecular weight excluding hydrogens is 224 g/mol. The number of anilines is 1. The molecule has 98 valence electrons. The van der Waals surface area contributed by atoms with Crippen molar-refractivity contribution >= 4 is 11.6 Å². The molecule has 2 rings (SSSR count). The molecule has 1 aromatic carbocycles. The number of aryl methyl sites for hydroxylation is 1. The third-order valence-electron chi connectivity index (χ3n) is 4.14. The van der Waals surface area contributed by atoms with E-state index in [1.807, 2.05) is 31.2 Å². The van der Waals surface area contributed by atoms with Gasteiger partial charge in [-0.05, 0) is 37.4 Å². The number of amides is 1. The van der Waals surface area contributed by atoms with Gasteiger partial charge in [-0.25, -0.2) is 0 Å². The van der Waals surface area contributed by atoms with E-state index >= 15 is 0 Å². The maximum atomic E-state index is 12.6. The maximum Gasteiger partial charge on any atom is 0.232 e. The van der Waals surface area contributed by atoms with Crippen LogP contribution in [0.25, 0.3) is 0 Å². The lowest BCUT2D eigenvalue weighted by Crippen LogP contribution is -2.42. The predicted octanol–water partition coefficient (Wildman–Crippen LogP) is 2.57. The van der Waals surface area contributed by atoms with Crippen LogP contribution in [0.3, 0.4) is 0 Å². The molecule has 1 atom stereocenters. The number of benzene rings is 1. The van der Waals surface area contributed by atoms with E-state index in [4.69, 9.17) is 0 Å². The molecule has 0 aliphatic carbocycles. The molecule has 0 bridgehead atoms. The highest BCUT2D eigenvalue weighted by Gasteiger charge is 2.43. The maximum absolute atomic E-state index is 12.6. The number of hydrogen-bond acceptors (Lipinski definition) is 2. The van der Waals surface area contributed by atoms with Gasteiger partial charge in [0.25, 0.3) is 0 Å². The molecule has 3 heteroatoms. The zero-order valence-electron chi connectivity index (χ0n) is 11.4. The van der Waals surface area contributed by atoms with Crippen LogP contribution in [0.15, 0.2) is 24.3 Å². The Balaban J connectivity index is 2.19. The van der Waals surface area contributed by atoms with Gasteiger partial charge in [-0.3, -0.25) is 4.79 Å². The summed E-state index contributed by atoms with van der Waals surface area (Å²) in [5.41, 5.74) is 1.77. The lowest BCUT2D eigenvalue weighted by Gasteiger charge is -2.31. The molecule has 1 unspecified atom stereocenters. The van der Waals surface area contributed by atoms with Crippen molar-refractivity contribution in [1.29, 1.82) is 0 Å². The second-order valence-corrected chi connectivity index (χ2v) is 5.51. The molecule has 0 spiro atoms. The van der Waals surface area contributed by atoms with Crippen molar-refractivity contribution < 1.29 is 4.79 Å². The van der Waals surface area contributed by atoms with Crippen LogP contribution in [0.2, 0.25) is 0 Å². The first-order chi connectivity index (χ1) is 8.56. The summed E-state index contributed by atoms with van der Waals surface area (Å²) in [6, 6.07) is 7.92. The van der Waals surface area contributed by atoms with Crippen LogP contribution < -0.4 is 10.6 Å². The molecule has 0 saturated carbocycles. The molecule has 1 heterocycles. The Morgan fingerprint density at radius 2 is 2.11 bits per heavy atom. The predicted molar refractivity (Wildman–Crippen MR) is 74.6 cm³/mol. The fourth-order valence-corrected chi connectivity index (χ4v) is 2.62. The van der Waals surface area contributed by atoms with Crippen molar-refractivity contribution in [3.05, 3.63) is 29.8 Å². The highest BCUT2D eigenvalue weighted by Crippen LogP contribution is 2.35. The molecule has 1 aromatic rings. The molecule has 3 nitrogen and oxygen atoms in total. The first-order valence-corrected chi connectivity index (χ1v) is 6.64. The Bertz CT molecular complexity index is 434. The van der Waals surface area contributed by atoms with Gasteiger partial charge in [-0.2, -0.15) is 0 Å². The fraction of sp³-hybridized carbons (Fsp3) is 0.533. The van der Waals surface area contributed by atoms with Crippen molar-refractivity contribution in [2.75, 3.05) is 18.4 Å². The monoisotopic (exact) mass is 246 g/mol. The number of rotatable bonds is 3. The van der Waals surface area contributed by atoms with Gasteiger partial charge in [0.1, 0.15) is 0 Å². The summed E-state index contributed by atoms with van der Waals surface area (Å²) in [5, 5.41) is 6.41. The van der Waals surface area contributed by atoms with Crippen LogP contribution in [0.5, 0.6) is 0 Å². The van der Waals surface area contributed by atoms with E-state index < -0.39 is 0 Å². The van der Waals surface area contributed by atoms with Crippen molar-refractivity contribution in [3.63, 3.8) is 0 Å². The molecule has 0 aromatic heterocycles. The Kier molecular flexibility index (Phi) is 3.71. The molecule has 1 fully saturated rings. The Hall–Kier alpha value is -1.35. The van der Waals surface area contributed by atoms with E-state index in [1.54, 1.807) is 0 Å². The summed E-state index contributed by atoms with van der Waals surface area (Å²) in [4.78, 5) is 12.6. The summed E-state index contributed by atoms with van der Waals surface area (Å²) in [5.74, 6) is 0.494. The zero-order valence-corrected chi connectivity index (χ0v) is 11.4. The van der Waals surface area contributed by atoms with E-state index in [0.717, 1.165) is 30.8 Å². The van der Waals surface area contributed by atoms with E-state index in [2.05, 4.69) is 24.5 Å². The molecule has 18 heavy (non-hydrogen) atoms. The first kappa shape index (κ1) is 13.1. The van der Waals surface area contributed by atoms with Crippen LogP contribution in [-0.2, 0) is 4.79 Å². The largest absolute Gasteiger partial charge is 0.325 e. The Morgan fingerprint density at radius 3 is 2.67 bits per heavy atom. The van der Waals surface area contributed by atoms with Gasteiger partial charge in [0.15, 0.2) is 0 Å². The quantitative estimate of drug-likeness (QED) is 0.860. The van der Waals surface area contributed by atoms with E-state index in [1.165, 1.54) is 0 Å². The van der Waals surface area contributed by atoms with Gasteiger partial charge in [-0.1, -0.05) is 32.0 Å². The van der Waals surface area contributed by atoms with Gasteiger partial charge < -0.3 is 10.6 Å². The first-order valence-electron chi connectivity index (χ1n) is 6.64. The minimum Gasteiger partial charge on any atom is -0.325 e. The van der Waals surface area contributed by atoms with Gasteiger partial charge in [0, 0.05) is 12.2 Å². The summed E-state index contributed by atoms with van der Waals surface area (Å²) < 4.78 is 0. The number of nitrogens with one attached hydrogen (secondary N) is 2. The van der Waals surface area contributed by atoms with Crippen LogP contribution in [0, 0.1) is 18.3 Å². The minimum absolute atomic E-state index is 0.150. The van der Waals surface area contributed by atoms with E-state index in [0.29, 0.717) is 5.92 Å². The number of carbonyl (C=O) groups excluding carboxylic acids is 1. The van der Waals surface area contributed by atoms with E-state index in [-0.39, 0.29) is 11.3 Å². The average Bonchev–Trinajstić information content (AvgIpc) is 2.82. The summed E-state index contributed by atoms with van der Waals surface area (Å²) in [6.45, 7) is 7.99. The van der Waals surface area contributed by atoms with Crippen LogP contribution in [-0.4, -0.2) is 19.0 Å². The lowest BCUT2D eigenvalue weighted by atomic mass is 9.75. The molecule has 2 N–H and O–H groups in total. The summed E-state index contributed by atoms with van der Waals surface area (Å²) >= 11 is 0. The normalized spacial score (nSPS) is 23.3. The average molecular weight is 246 g/mol. The third kappa shape index (κ3) is 2.27. The highest BCUT2D eigenvalue weighted by molar-refractivity contribution is 5.96. The molecule has 1 aliphatic heterocycles. The van der Waals surface area contributed by atoms with Crippen molar-refractivity contribution in [3.8, 4) is 0 Å². The summed E-state index contributed by atoms with van der Waals surface area (Å²) in [6.07, 6.45) is 0.919. The SMILES string of the molecule is Cc1ccccc1NC(=O)C1(C(C)C)CCNC1. The lowest BCUT2D eigenvalue weighted by molar-refractivity contribution is -0.126. The number of para-hydroxylation sites is 1. The topological polar surface area (TPSA) is 41.1 Å². The van der Waals surface area contributed by atoms with Crippen LogP contribution in [0.1, 0.15) is 25.8 Å². The van der Waals surface area contributed by atoms with Gasteiger partial charge >= 0.3 is 0 Å². The van der Waals surface area contributed by atoms with Gasteiger partial charge in [0.2, 0.25) is 5.91 Å². The number of carbonyl (C=O) groups is 1. The Morgan fingerprint density at radius 1 is 1.39 bits per heavy atom. The van der Waals surface area contributed by atoms with Crippen LogP contribution in [0.4, 0.5) is 5.69 Å². The van der Waals surface area contributed by atoms with Crippen molar-refractivity contribution in [2.24, 2.45) is 11.3 Å². The smallest absolute Gasteiger partial charge is 0.232 e. The molecule has 0 radical (unpaired) electrons. The van der Waals surface area contributed by atoms with Crippen molar-refractivity contribution in [1.82, 2.24) is 5.32 Å². The third-order valence-corrected chi connectivity index (χ3v) is 4.14. The summed E-state index contributed by atoms with van der Waals surface area (Å²) in [7, 11) is 0. The second kappa shape index (κ2) is 5.11. The van der Waals surface area contributed by atoms with E-state index in [9.17, 15) is 4.79 Å². The molecular formula is C15H22N2O. The van der Waals surface area contributed by atoms with Crippen LogP contribution >= 0.6 is 0 Å². The molecule has 1 amide bonds. The standard InChI is InChI=1S/C15H22N2O/c1-11(2)15(8-9-16-10-15)14(18)17-13-7-5-4-6-12(13)3/h4-7,11,16H,8-10H2,1-3H3,(H,17,18). The second-order valence-electron chi connectivity index (χ2n) is 5.51. The fourth-order valence-electron chi connectivity index (χ4n) is 2.62. The minimum atomic E-state index is -0.262. The van der Waals surface area contributed by atoms with Gasteiger partial charge in [0.05, 0.1) is 5.41 Å². The molecule has 1 saturated heterocycles.